The topological polar surface area (TPSA) is 21.3 Å². The van der Waals surface area contributed by atoms with E-state index in [4.69, 9.17) is 4.74 Å². The number of benzene rings is 1. The van der Waals surface area contributed by atoms with Gasteiger partial charge in [-0.15, -0.1) is 0 Å². The molecule has 0 spiro atoms. The highest BCUT2D eigenvalue weighted by molar-refractivity contribution is 5.33. The predicted octanol–water partition coefficient (Wildman–Crippen LogP) is 4.04. The van der Waals surface area contributed by atoms with E-state index >= 15 is 0 Å². The van der Waals surface area contributed by atoms with Gasteiger partial charge in [-0.2, -0.15) is 0 Å². The first-order chi connectivity index (χ1) is 9.49. The fraction of sp³-hybridized carbons (Fsp3) is 0.667. The van der Waals surface area contributed by atoms with E-state index in [0.29, 0.717) is 0 Å². The molecule has 0 aliphatic heterocycles. The van der Waals surface area contributed by atoms with E-state index in [1.807, 2.05) is 0 Å². The van der Waals surface area contributed by atoms with Crippen LogP contribution in [0.25, 0.3) is 0 Å². The fourth-order valence-corrected chi connectivity index (χ4v) is 3.24. The number of para-hydroxylation sites is 1. The Morgan fingerprint density at radius 3 is 2.55 bits per heavy atom. The molecule has 1 saturated carbocycles. The third-order valence-electron chi connectivity index (χ3n) is 4.39. The van der Waals surface area contributed by atoms with Crippen molar-refractivity contribution < 1.29 is 4.74 Å². The number of ether oxygens (including phenoxy) is 1. The summed E-state index contributed by atoms with van der Waals surface area (Å²) in [4.78, 5) is 0. The standard InChI is InChI=1S/C18H29NO/c1-18(2,3)19-13-16-10-7-9-14(16)12-15-8-5-6-11-17(15)20-4/h5-6,8,11,14,16,19H,7,9-10,12-13H2,1-4H3. The molecule has 2 heteroatoms. The molecule has 0 radical (unpaired) electrons. The Labute approximate surface area is 123 Å². The number of nitrogens with one attached hydrogen (secondary N) is 1. The van der Waals surface area contributed by atoms with E-state index < -0.39 is 0 Å². The monoisotopic (exact) mass is 275 g/mol. The lowest BCUT2D eigenvalue weighted by molar-refractivity contribution is 0.314. The Kier molecular flexibility index (Phi) is 5.09. The molecule has 1 fully saturated rings. The highest BCUT2D eigenvalue weighted by atomic mass is 16.5. The zero-order valence-corrected chi connectivity index (χ0v) is 13.4. The van der Waals surface area contributed by atoms with Crippen molar-refractivity contribution in [2.24, 2.45) is 11.8 Å². The Balaban J connectivity index is 1.97. The van der Waals surface area contributed by atoms with Crippen LogP contribution in [0.2, 0.25) is 0 Å². The molecule has 0 heterocycles. The van der Waals surface area contributed by atoms with Crippen molar-refractivity contribution >= 4 is 0 Å². The molecule has 0 aromatic heterocycles. The molecule has 2 nitrogen and oxygen atoms in total. The maximum atomic E-state index is 5.49. The highest BCUT2D eigenvalue weighted by Gasteiger charge is 2.28. The van der Waals surface area contributed by atoms with Gasteiger partial charge in [0.2, 0.25) is 0 Å². The first-order valence-electron chi connectivity index (χ1n) is 7.86. The minimum Gasteiger partial charge on any atom is -0.496 e. The van der Waals surface area contributed by atoms with Gasteiger partial charge < -0.3 is 10.1 Å². The Hall–Kier alpha value is -1.02. The van der Waals surface area contributed by atoms with E-state index in [2.05, 4.69) is 50.4 Å². The number of methoxy groups -OCH3 is 1. The largest absolute Gasteiger partial charge is 0.496 e. The lowest BCUT2D eigenvalue weighted by Gasteiger charge is -2.27. The number of hydrogen-bond acceptors (Lipinski definition) is 2. The molecule has 1 aromatic rings. The van der Waals surface area contributed by atoms with Gasteiger partial charge in [0.15, 0.2) is 0 Å². The average Bonchev–Trinajstić information content (AvgIpc) is 2.83. The molecule has 1 N–H and O–H groups in total. The minimum atomic E-state index is 0.220. The first kappa shape index (κ1) is 15.4. The first-order valence-corrected chi connectivity index (χ1v) is 7.86. The second-order valence-corrected chi connectivity index (χ2v) is 7.10. The molecule has 0 bridgehead atoms. The van der Waals surface area contributed by atoms with Crippen molar-refractivity contribution in [1.82, 2.24) is 5.32 Å². The Bertz CT molecular complexity index is 422. The van der Waals surface area contributed by atoms with Crippen LogP contribution in [0.3, 0.4) is 0 Å². The zero-order chi connectivity index (χ0) is 14.6. The van der Waals surface area contributed by atoms with Crippen molar-refractivity contribution in [2.75, 3.05) is 13.7 Å². The van der Waals surface area contributed by atoms with Crippen molar-refractivity contribution in [3.05, 3.63) is 29.8 Å². The van der Waals surface area contributed by atoms with Crippen LogP contribution in [0, 0.1) is 11.8 Å². The molecule has 1 aliphatic carbocycles. The van der Waals surface area contributed by atoms with Gasteiger partial charge in [0.1, 0.15) is 5.75 Å². The van der Waals surface area contributed by atoms with Crippen LogP contribution in [0.4, 0.5) is 0 Å². The van der Waals surface area contributed by atoms with E-state index in [-0.39, 0.29) is 5.54 Å². The summed E-state index contributed by atoms with van der Waals surface area (Å²) in [6.45, 7) is 7.88. The van der Waals surface area contributed by atoms with Gasteiger partial charge >= 0.3 is 0 Å². The van der Waals surface area contributed by atoms with Crippen molar-refractivity contribution in [3.8, 4) is 5.75 Å². The third kappa shape index (κ3) is 4.24. The van der Waals surface area contributed by atoms with Crippen LogP contribution in [0.5, 0.6) is 5.75 Å². The third-order valence-corrected chi connectivity index (χ3v) is 4.39. The second-order valence-electron chi connectivity index (χ2n) is 7.10. The van der Waals surface area contributed by atoms with E-state index in [1.54, 1.807) is 7.11 Å². The van der Waals surface area contributed by atoms with E-state index in [1.165, 1.54) is 24.8 Å². The molecule has 112 valence electrons. The normalized spacial score (nSPS) is 23.0. The van der Waals surface area contributed by atoms with Gasteiger partial charge in [-0.3, -0.25) is 0 Å². The highest BCUT2D eigenvalue weighted by Crippen LogP contribution is 2.35. The van der Waals surface area contributed by atoms with E-state index in [0.717, 1.165) is 30.6 Å². The van der Waals surface area contributed by atoms with Crippen LogP contribution >= 0.6 is 0 Å². The summed E-state index contributed by atoms with van der Waals surface area (Å²) in [6, 6.07) is 8.46. The van der Waals surface area contributed by atoms with Crippen LogP contribution in [-0.4, -0.2) is 19.2 Å². The molecule has 1 aromatic carbocycles. The molecular weight excluding hydrogens is 246 g/mol. The summed E-state index contributed by atoms with van der Waals surface area (Å²) >= 11 is 0. The minimum absolute atomic E-state index is 0.220. The van der Waals surface area contributed by atoms with Gasteiger partial charge in [-0.05, 0) is 70.0 Å². The maximum Gasteiger partial charge on any atom is 0.122 e. The van der Waals surface area contributed by atoms with E-state index in [9.17, 15) is 0 Å². The van der Waals surface area contributed by atoms with Gasteiger partial charge in [0.25, 0.3) is 0 Å². The quantitative estimate of drug-likeness (QED) is 0.875. The van der Waals surface area contributed by atoms with Gasteiger partial charge in [0.05, 0.1) is 7.11 Å². The molecular formula is C18H29NO. The summed E-state index contributed by atoms with van der Waals surface area (Å²) in [5.41, 5.74) is 1.58. The molecule has 0 saturated heterocycles. The summed E-state index contributed by atoms with van der Waals surface area (Å²) in [5.74, 6) is 2.64. The molecule has 1 aliphatic rings. The van der Waals surface area contributed by atoms with Crippen LogP contribution in [0.15, 0.2) is 24.3 Å². The van der Waals surface area contributed by atoms with Crippen LogP contribution < -0.4 is 10.1 Å². The van der Waals surface area contributed by atoms with Crippen molar-refractivity contribution in [1.29, 1.82) is 0 Å². The number of hydrogen-bond donors (Lipinski definition) is 1. The fourth-order valence-electron chi connectivity index (χ4n) is 3.24. The van der Waals surface area contributed by atoms with Gasteiger partial charge in [-0.1, -0.05) is 24.6 Å². The molecule has 0 amide bonds. The number of rotatable bonds is 5. The Morgan fingerprint density at radius 2 is 1.85 bits per heavy atom. The predicted molar refractivity (Wildman–Crippen MR) is 85.3 cm³/mol. The van der Waals surface area contributed by atoms with Crippen LogP contribution in [0.1, 0.15) is 45.6 Å². The summed E-state index contributed by atoms with van der Waals surface area (Å²) < 4.78 is 5.49. The van der Waals surface area contributed by atoms with Gasteiger partial charge in [0, 0.05) is 5.54 Å². The second kappa shape index (κ2) is 6.62. The summed E-state index contributed by atoms with van der Waals surface area (Å²) in [6.07, 6.45) is 5.24. The average molecular weight is 275 g/mol. The summed E-state index contributed by atoms with van der Waals surface area (Å²) in [5, 5.41) is 3.68. The molecule has 2 unspecified atom stereocenters. The van der Waals surface area contributed by atoms with Crippen molar-refractivity contribution in [3.63, 3.8) is 0 Å². The lowest BCUT2D eigenvalue weighted by atomic mass is 9.88. The van der Waals surface area contributed by atoms with Crippen molar-refractivity contribution in [2.45, 2.75) is 52.0 Å². The zero-order valence-electron chi connectivity index (χ0n) is 13.4. The van der Waals surface area contributed by atoms with Crippen LogP contribution in [-0.2, 0) is 6.42 Å². The molecule has 2 rings (SSSR count). The SMILES string of the molecule is COc1ccccc1CC1CCCC1CNC(C)(C)C. The lowest BCUT2D eigenvalue weighted by Crippen LogP contribution is -2.40. The maximum absolute atomic E-state index is 5.49. The molecule has 20 heavy (non-hydrogen) atoms. The smallest absolute Gasteiger partial charge is 0.122 e. The Morgan fingerprint density at radius 1 is 1.15 bits per heavy atom. The van der Waals surface area contributed by atoms with Gasteiger partial charge in [-0.25, -0.2) is 0 Å². The molecule has 2 atom stereocenters. The summed E-state index contributed by atoms with van der Waals surface area (Å²) in [7, 11) is 1.77.